The van der Waals surface area contributed by atoms with Gasteiger partial charge in [0.1, 0.15) is 5.75 Å². The van der Waals surface area contributed by atoms with Crippen molar-refractivity contribution >= 4 is 0 Å². The molecule has 0 saturated heterocycles. The fourth-order valence-electron chi connectivity index (χ4n) is 1.36. The Bertz CT molecular complexity index is 338. The summed E-state index contributed by atoms with van der Waals surface area (Å²) in [7, 11) is 0. The lowest BCUT2D eigenvalue weighted by Gasteiger charge is -2.11. The van der Waals surface area contributed by atoms with Gasteiger partial charge in [0.25, 0.3) is 0 Å². The van der Waals surface area contributed by atoms with Crippen LogP contribution in [0.2, 0.25) is 0 Å². The zero-order valence-corrected chi connectivity index (χ0v) is 8.92. The van der Waals surface area contributed by atoms with Crippen molar-refractivity contribution in [3.8, 4) is 5.75 Å². The van der Waals surface area contributed by atoms with Crippen molar-refractivity contribution in [1.82, 2.24) is 0 Å². The molecule has 0 aromatic heterocycles. The summed E-state index contributed by atoms with van der Waals surface area (Å²) >= 11 is 0. The molecule has 1 unspecified atom stereocenters. The summed E-state index contributed by atoms with van der Waals surface area (Å²) in [6.45, 7) is 2.45. The summed E-state index contributed by atoms with van der Waals surface area (Å²) in [4.78, 5) is 0. The maximum atomic E-state index is 12.0. The van der Waals surface area contributed by atoms with Crippen molar-refractivity contribution < 1.29 is 17.9 Å². The van der Waals surface area contributed by atoms with Crippen LogP contribution in [0.5, 0.6) is 5.75 Å². The van der Waals surface area contributed by atoms with Crippen LogP contribution in [-0.2, 0) is 6.42 Å². The quantitative estimate of drug-likeness (QED) is 0.867. The Balaban J connectivity index is 2.71. The fraction of sp³-hybridized carbons (Fsp3) is 0.455. The molecule has 5 heteroatoms. The molecule has 16 heavy (non-hydrogen) atoms. The number of hydrogen-bond donors (Lipinski definition) is 1. The number of rotatable bonds is 4. The molecule has 1 atom stereocenters. The first-order chi connectivity index (χ1) is 7.40. The van der Waals surface area contributed by atoms with E-state index in [1.54, 1.807) is 12.1 Å². The van der Waals surface area contributed by atoms with Crippen LogP contribution < -0.4 is 10.5 Å². The average Bonchev–Trinajstić information content (AvgIpc) is 2.15. The van der Waals surface area contributed by atoms with Crippen molar-refractivity contribution in [2.75, 3.05) is 6.54 Å². The molecule has 1 rings (SSSR count). The highest BCUT2D eigenvalue weighted by molar-refractivity contribution is 5.28. The van der Waals surface area contributed by atoms with Gasteiger partial charge in [-0.3, -0.25) is 0 Å². The van der Waals surface area contributed by atoms with E-state index < -0.39 is 6.36 Å². The molecule has 2 nitrogen and oxygen atoms in total. The lowest BCUT2D eigenvalue weighted by atomic mass is 10.0. The van der Waals surface area contributed by atoms with Gasteiger partial charge in [0.05, 0.1) is 0 Å². The van der Waals surface area contributed by atoms with Crippen LogP contribution in [0.4, 0.5) is 13.2 Å². The minimum atomic E-state index is -4.64. The predicted molar refractivity (Wildman–Crippen MR) is 55.0 cm³/mol. The summed E-state index contributed by atoms with van der Waals surface area (Å²) in [5.74, 6) is 0.0513. The number of hydrogen-bond acceptors (Lipinski definition) is 2. The second-order valence-corrected chi connectivity index (χ2v) is 3.74. The number of ether oxygens (including phenoxy) is 1. The number of benzene rings is 1. The lowest BCUT2D eigenvalue weighted by Crippen LogP contribution is -2.17. The van der Waals surface area contributed by atoms with Gasteiger partial charge in [0.15, 0.2) is 0 Å². The fourth-order valence-corrected chi connectivity index (χ4v) is 1.36. The van der Waals surface area contributed by atoms with Crippen LogP contribution in [0.3, 0.4) is 0 Å². The first-order valence-corrected chi connectivity index (χ1v) is 4.95. The maximum Gasteiger partial charge on any atom is 0.573 e. The Morgan fingerprint density at radius 2 is 2.06 bits per heavy atom. The molecule has 0 heterocycles. The van der Waals surface area contributed by atoms with Gasteiger partial charge in [-0.25, -0.2) is 0 Å². The highest BCUT2D eigenvalue weighted by Gasteiger charge is 2.31. The van der Waals surface area contributed by atoms with E-state index in [4.69, 9.17) is 5.73 Å². The molecule has 0 radical (unpaired) electrons. The Morgan fingerprint density at radius 3 is 2.62 bits per heavy atom. The molecule has 0 saturated carbocycles. The molecule has 0 aliphatic carbocycles. The van der Waals surface area contributed by atoms with E-state index >= 15 is 0 Å². The first kappa shape index (κ1) is 12.8. The van der Waals surface area contributed by atoms with E-state index in [1.165, 1.54) is 12.1 Å². The van der Waals surface area contributed by atoms with Crippen molar-refractivity contribution in [3.63, 3.8) is 0 Å². The summed E-state index contributed by atoms with van der Waals surface area (Å²) in [5.41, 5.74) is 6.24. The molecule has 0 bridgehead atoms. The Morgan fingerprint density at radius 1 is 1.38 bits per heavy atom. The van der Waals surface area contributed by atoms with Crippen molar-refractivity contribution in [1.29, 1.82) is 0 Å². The van der Waals surface area contributed by atoms with Gasteiger partial charge in [-0.2, -0.15) is 0 Å². The van der Waals surface area contributed by atoms with Crippen molar-refractivity contribution in [2.45, 2.75) is 19.7 Å². The summed E-state index contributed by atoms with van der Waals surface area (Å²) in [5, 5.41) is 0. The van der Waals surface area contributed by atoms with E-state index in [0.29, 0.717) is 13.0 Å². The third-order valence-corrected chi connectivity index (χ3v) is 2.12. The van der Waals surface area contributed by atoms with Crippen LogP contribution in [-0.4, -0.2) is 12.9 Å². The van der Waals surface area contributed by atoms with Gasteiger partial charge in [-0.1, -0.05) is 19.1 Å². The highest BCUT2D eigenvalue weighted by atomic mass is 19.4. The van der Waals surface area contributed by atoms with Crippen molar-refractivity contribution in [2.24, 2.45) is 11.7 Å². The van der Waals surface area contributed by atoms with E-state index in [9.17, 15) is 13.2 Å². The van der Waals surface area contributed by atoms with Crippen LogP contribution in [0.25, 0.3) is 0 Å². The molecular weight excluding hydrogens is 219 g/mol. The van der Waals surface area contributed by atoms with Gasteiger partial charge in [0.2, 0.25) is 0 Å². The smallest absolute Gasteiger partial charge is 0.406 e. The molecule has 0 amide bonds. The Labute approximate surface area is 92.2 Å². The minimum absolute atomic E-state index is 0.186. The second-order valence-electron chi connectivity index (χ2n) is 3.74. The van der Waals surface area contributed by atoms with Gasteiger partial charge in [-0.05, 0) is 36.6 Å². The van der Waals surface area contributed by atoms with Crippen LogP contribution in [0.1, 0.15) is 12.5 Å². The van der Waals surface area contributed by atoms with E-state index in [0.717, 1.165) is 5.56 Å². The molecule has 0 fully saturated rings. The highest BCUT2D eigenvalue weighted by Crippen LogP contribution is 2.24. The molecule has 1 aromatic carbocycles. The predicted octanol–water partition coefficient (Wildman–Crippen LogP) is 2.72. The number of halogens is 3. The maximum absolute atomic E-state index is 12.0. The zero-order valence-electron chi connectivity index (χ0n) is 8.92. The molecule has 0 spiro atoms. The van der Waals surface area contributed by atoms with Gasteiger partial charge >= 0.3 is 6.36 Å². The van der Waals surface area contributed by atoms with Gasteiger partial charge in [0, 0.05) is 0 Å². The Hall–Kier alpha value is -1.23. The van der Waals surface area contributed by atoms with E-state index in [1.807, 2.05) is 6.92 Å². The zero-order chi connectivity index (χ0) is 12.2. The van der Waals surface area contributed by atoms with Crippen LogP contribution in [0.15, 0.2) is 24.3 Å². The Kier molecular flexibility index (Phi) is 4.18. The third-order valence-electron chi connectivity index (χ3n) is 2.12. The molecular formula is C11H14F3NO. The summed E-state index contributed by atoms with van der Waals surface area (Å²) < 4.78 is 39.7. The van der Waals surface area contributed by atoms with Gasteiger partial charge < -0.3 is 10.5 Å². The van der Waals surface area contributed by atoms with Crippen LogP contribution in [0, 0.1) is 5.92 Å². The average molecular weight is 233 g/mol. The monoisotopic (exact) mass is 233 g/mol. The summed E-state index contributed by atoms with van der Waals surface area (Å²) in [6.07, 6.45) is -4.00. The minimum Gasteiger partial charge on any atom is -0.406 e. The SMILES string of the molecule is CC(CN)Cc1cccc(OC(F)(F)F)c1. The molecule has 90 valence electrons. The number of nitrogens with two attached hydrogens (primary N) is 1. The topological polar surface area (TPSA) is 35.2 Å². The second kappa shape index (κ2) is 5.21. The van der Waals surface area contributed by atoms with Gasteiger partial charge in [-0.15, -0.1) is 13.2 Å². The lowest BCUT2D eigenvalue weighted by molar-refractivity contribution is -0.274. The largest absolute Gasteiger partial charge is 0.573 e. The van der Waals surface area contributed by atoms with Crippen LogP contribution >= 0.6 is 0 Å². The number of alkyl halides is 3. The first-order valence-electron chi connectivity index (χ1n) is 4.95. The van der Waals surface area contributed by atoms with E-state index in [2.05, 4.69) is 4.74 Å². The molecule has 0 aliphatic rings. The standard InChI is InChI=1S/C11H14F3NO/c1-8(7-15)5-9-3-2-4-10(6-9)16-11(12,13)14/h2-4,6,8H,5,7,15H2,1H3. The summed E-state index contributed by atoms with van der Waals surface area (Å²) in [6, 6.07) is 5.97. The third kappa shape index (κ3) is 4.53. The van der Waals surface area contributed by atoms with E-state index in [-0.39, 0.29) is 11.7 Å². The molecule has 2 N–H and O–H groups in total. The normalized spacial score (nSPS) is 13.6. The molecule has 0 aliphatic heterocycles. The van der Waals surface area contributed by atoms with Crippen molar-refractivity contribution in [3.05, 3.63) is 29.8 Å². The molecule has 1 aromatic rings.